The van der Waals surface area contributed by atoms with Crippen LogP contribution in [-0.4, -0.2) is 36.4 Å². The highest BCUT2D eigenvalue weighted by Crippen LogP contribution is 2.38. The van der Waals surface area contributed by atoms with E-state index in [1.54, 1.807) is 0 Å². The predicted octanol–water partition coefficient (Wildman–Crippen LogP) is 1.54. The molecule has 17 heavy (non-hydrogen) atoms. The summed E-state index contributed by atoms with van der Waals surface area (Å²) in [4.78, 5) is 0. The van der Waals surface area contributed by atoms with Gasteiger partial charge in [-0.15, -0.1) is 0 Å². The van der Waals surface area contributed by atoms with Gasteiger partial charge in [0.15, 0.2) is 0 Å². The first-order valence-corrected chi connectivity index (χ1v) is 5.59. The largest absolute Gasteiger partial charge is 0.493 e. The molecule has 0 aliphatic carbocycles. The van der Waals surface area contributed by atoms with Gasteiger partial charge in [0.2, 0.25) is 0 Å². The van der Waals surface area contributed by atoms with E-state index < -0.39 is 24.9 Å². The lowest BCUT2D eigenvalue weighted by Crippen LogP contribution is -2.41. The third kappa shape index (κ3) is 2.19. The zero-order valence-corrected chi connectivity index (χ0v) is 10.5. The summed E-state index contributed by atoms with van der Waals surface area (Å²) in [5, 5.41) is 0.764. The van der Waals surface area contributed by atoms with Crippen LogP contribution < -0.4 is 5.43 Å². The molecule has 0 bridgehead atoms. The van der Waals surface area contributed by atoms with Gasteiger partial charge in [-0.3, -0.25) is 5.01 Å². The number of hydrogen-bond acceptors (Lipinski definition) is 4. The van der Waals surface area contributed by atoms with E-state index in [9.17, 15) is 8.78 Å². The van der Waals surface area contributed by atoms with Crippen molar-refractivity contribution in [2.24, 2.45) is 0 Å². The molecule has 0 aromatic rings. The van der Waals surface area contributed by atoms with Crippen LogP contribution in [0.15, 0.2) is 11.7 Å². The zero-order chi connectivity index (χ0) is 12.8. The fourth-order valence-electron chi connectivity index (χ4n) is 1.72. The van der Waals surface area contributed by atoms with Crippen molar-refractivity contribution >= 4 is 7.12 Å². The van der Waals surface area contributed by atoms with Gasteiger partial charge in [0.1, 0.15) is 0 Å². The van der Waals surface area contributed by atoms with Crippen LogP contribution in [-0.2, 0) is 9.31 Å². The van der Waals surface area contributed by atoms with Crippen LogP contribution in [0.2, 0.25) is 0 Å². The molecule has 0 aromatic carbocycles. The summed E-state index contributed by atoms with van der Waals surface area (Å²) in [6.07, 6.45) is 1.35. The number of nitrogens with one attached hydrogen (secondary N) is 1. The number of rotatable bonds is 2. The third-order valence-electron chi connectivity index (χ3n) is 3.54. The minimum atomic E-state index is -2.56. The van der Waals surface area contributed by atoms with Gasteiger partial charge in [-0.25, -0.2) is 5.43 Å². The highest BCUT2D eigenvalue weighted by atomic mass is 19.3. The molecule has 0 saturated carbocycles. The molecule has 1 saturated heterocycles. The average Bonchev–Trinajstić information content (AvgIpc) is 2.70. The molecule has 2 rings (SSSR count). The molecule has 2 aliphatic heterocycles. The molecule has 2 aliphatic rings. The van der Waals surface area contributed by atoms with Gasteiger partial charge in [0.05, 0.1) is 11.2 Å². The topological polar surface area (TPSA) is 33.7 Å². The van der Waals surface area contributed by atoms with E-state index >= 15 is 0 Å². The lowest BCUT2D eigenvalue weighted by molar-refractivity contribution is -0.0170. The van der Waals surface area contributed by atoms with Crippen molar-refractivity contribution in [3.05, 3.63) is 11.7 Å². The van der Waals surface area contributed by atoms with Crippen molar-refractivity contribution in [3.8, 4) is 0 Å². The summed E-state index contributed by atoms with van der Waals surface area (Å²) in [7, 11) is -0.559. The van der Waals surface area contributed by atoms with E-state index in [2.05, 4.69) is 5.43 Å². The van der Waals surface area contributed by atoms with Gasteiger partial charge in [-0.2, -0.15) is 8.78 Å². The first-order valence-electron chi connectivity index (χ1n) is 5.59. The monoisotopic (exact) mass is 246 g/mol. The first kappa shape index (κ1) is 12.8. The Bertz CT molecular complexity index is 331. The minimum absolute atomic E-state index is 0.321. The van der Waals surface area contributed by atoms with Crippen LogP contribution in [0.5, 0.6) is 0 Å². The normalized spacial score (nSPS) is 26.9. The Balaban J connectivity index is 2.10. The molecule has 96 valence electrons. The Morgan fingerprint density at radius 2 is 1.82 bits per heavy atom. The second kappa shape index (κ2) is 3.93. The Morgan fingerprint density at radius 1 is 1.29 bits per heavy atom. The fourth-order valence-corrected chi connectivity index (χ4v) is 1.72. The molecule has 0 amide bonds. The SMILES string of the molecule is CC1(C)OB(C2=CN(C(F)F)NC2)OC1(C)C. The Hall–Kier alpha value is -0.655. The first-order chi connectivity index (χ1) is 7.73. The maximum Gasteiger partial charge on any atom is 0.493 e. The lowest BCUT2D eigenvalue weighted by Gasteiger charge is -2.32. The standard InChI is InChI=1S/C10H17BF2N2O2/c1-9(2)10(3,4)17-11(16-9)7-5-14-15(6-7)8(12)13/h6,8,14H,5H2,1-4H3. The Kier molecular flexibility index (Phi) is 2.96. The van der Waals surface area contributed by atoms with Crippen molar-refractivity contribution in [2.45, 2.75) is 45.4 Å². The number of hydrazine groups is 1. The van der Waals surface area contributed by atoms with Crippen LogP contribution in [0, 0.1) is 0 Å². The van der Waals surface area contributed by atoms with Crippen LogP contribution in [0.1, 0.15) is 27.7 Å². The molecule has 1 fully saturated rings. The molecule has 4 nitrogen and oxygen atoms in total. The summed E-state index contributed by atoms with van der Waals surface area (Å²) < 4.78 is 36.4. The molecular weight excluding hydrogens is 229 g/mol. The summed E-state index contributed by atoms with van der Waals surface area (Å²) >= 11 is 0. The van der Waals surface area contributed by atoms with E-state index in [4.69, 9.17) is 9.31 Å². The van der Waals surface area contributed by atoms with Crippen LogP contribution >= 0.6 is 0 Å². The van der Waals surface area contributed by atoms with E-state index in [1.807, 2.05) is 27.7 Å². The van der Waals surface area contributed by atoms with Crippen molar-refractivity contribution in [3.63, 3.8) is 0 Å². The van der Waals surface area contributed by atoms with Crippen molar-refractivity contribution in [1.82, 2.24) is 10.4 Å². The minimum Gasteiger partial charge on any atom is -0.399 e. The van der Waals surface area contributed by atoms with Gasteiger partial charge >= 0.3 is 13.7 Å². The summed E-state index contributed by atoms with van der Waals surface area (Å²) in [6, 6.07) is 0. The molecule has 1 N–H and O–H groups in total. The maximum absolute atomic E-state index is 12.4. The maximum atomic E-state index is 12.4. The highest BCUT2D eigenvalue weighted by molar-refractivity contribution is 6.54. The van der Waals surface area contributed by atoms with E-state index in [-0.39, 0.29) is 0 Å². The Morgan fingerprint density at radius 3 is 2.24 bits per heavy atom. The molecular formula is C10H17BF2N2O2. The number of nitrogens with zero attached hydrogens (tertiary/aromatic N) is 1. The van der Waals surface area contributed by atoms with Crippen molar-refractivity contribution in [2.75, 3.05) is 6.54 Å². The predicted molar refractivity (Wildman–Crippen MR) is 60.0 cm³/mol. The van der Waals surface area contributed by atoms with Crippen LogP contribution in [0.4, 0.5) is 8.78 Å². The quantitative estimate of drug-likeness (QED) is 0.592. The highest BCUT2D eigenvalue weighted by Gasteiger charge is 2.53. The fraction of sp³-hybridized carbons (Fsp3) is 0.800. The Labute approximate surface area is 100 Å². The van der Waals surface area contributed by atoms with Crippen molar-refractivity contribution in [1.29, 1.82) is 0 Å². The second-order valence-corrected chi connectivity index (χ2v) is 5.31. The molecule has 0 radical (unpaired) electrons. The zero-order valence-electron chi connectivity index (χ0n) is 10.5. The smallest absolute Gasteiger partial charge is 0.399 e. The molecule has 0 atom stereocenters. The molecule has 2 heterocycles. The van der Waals surface area contributed by atoms with Gasteiger partial charge in [-0.1, -0.05) is 0 Å². The summed E-state index contributed by atoms with van der Waals surface area (Å²) in [6.45, 7) is 5.49. The summed E-state index contributed by atoms with van der Waals surface area (Å²) in [5.74, 6) is 0. The second-order valence-electron chi connectivity index (χ2n) is 5.31. The molecule has 7 heteroatoms. The molecule has 0 spiro atoms. The van der Waals surface area contributed by atoms with E-state index in [0.717, 1.165) is 5.01 Å². The van der Waals surface area contributed by atoms with Crippen LogP contribution in [0.25, 0.3) is 0 Å². The van der Waals surface area contributed by atoms with Gasteiger partial charge < -0.3 is 9.31 Å². The van der Waals surface area contributed by atoms with Gasteiger partial charge in [0, 0.05) is 12.7 Å². The van der Waals surface area contributed by atoms with Crippen LogP contribution in [0.3, 0.4) is 0 Å². The number of alkyl halides is 2. The molecule has 0 unspecified atom stereocenters. The van der Waals surface area contributed by atoms with E-state index in [1.165, 1.54) is 6.20 Å². The third-order valence-corrected chi connectivity index (χ3v) is 3.54. The molecule has 0 aromatic heterocycles. The van der Waals surface area contributed by atoms with E-state index in [0.29, 0.717) is 12.0 Å². The van der Waals surface area contributed by atoms with Gasteiger partial charge in [-0.05, 0) is 33.2 Å². The number of hydrogen-bond donors (Lipinski definition) is 1. The van der Waals surface area contributed by atoms with Gasteiger partial charge in [0.25, 0.3) is 0 Å². The lowest BCUT2D eigenvalue weighted by atomic mass is 9.79. The van der Waals surface area contributed by atoms with Crippen molar-refractivity contribution < 1.29 is 18.1 Å². The number of halogens is 2. The average molecular weight is 246 g/mol. The summed E-state index contributed by atoms with van der Waals surface area (Å²) in [5.41, 5.74) is 2.36.